The van der Waals surface area contributed by atoms with Crippen LogP contribution in [0.15, 0.2) is 52.4 Å². The van der Waals surface area contributed by atoms with Crippen LogP contribution < -0.4 is 4.72 Å². The molecule has 9 heteroatoms. The standard InChI is InChI=1S/C17H15F2N3O3S/c1-22(10-11-6-7-12(18)8-14(11)19)16(23)9-20-17-13-4-2-3-5-15(13)26(24,25)21-17/h2-8H,9-10H2,1H3,(H,20,21). The van der Waals surface area contributed by atoms with Crippen molar-refractivity contribution in [2.45, 2.75) is 11.4 Å². The summed E-state index contributed by atoms with van der Waals surface area (Å²) in [4.78, 5) is 17.6. The van der Waals surface area contributed by atoms with Gasteiger partial charge in [-0.3, -0.25) is 14.5 Å². The van der Waals surface area contributed by atoms with Crippen LogP contribution in [0.1, 0.15) is 11.1 Å². The van der Waals surface area contributed by atoms with E-state index in [1.807, 2.05) is 0 Å². The van der Waals surface area contributed by atoms with Gasteiger partial charge in [-0.1, -0.05) is 18.2 Å². The Kier molecular flexibility index (Phi) is 4.73. The highest BCUT2D eigenvalue weighted by Crippen LogP contribution is 2.22. The van der Waals surface area contributed by atoms with Gasteiger partial charge in [0.25, 0.3) is 10.0 Å². The van der Waals surface area contributed by atoms with E-state index in [1.54, 1.807) is 18.2 Å². The molecule has 2 aromatic rings. The maximum Gasteiger partial charge on any atom is 0.263 e. The molecule has 2 aromatic carbocycles. The van der Waals surface area contributed by atoms with E-state index in [-0.39, 0.29) is 29.4 Å². The number of carbonyl (C=O) groups is 1. The van der Waals surface area contributed by atoms with Gasteiger partial charge in [-0.05, 0) is 18.2 Å². The average Bonchev–Trinajstić information content (AvgIpc) is 2.86. The van der Waals surface area contributed by atoms with Gasteiger partial charge in [-0.25, -0.2) is 17.2 Å². The Morgan fingerprint density at radius 3 is 2.65 bits per heavy atom. The van der Waals surface area contributed by atoms with Gasteiger partial charge in [0.15, 0.2) is 0 Å². The molecule has 0 spiro atoms. The van der Waals surface area contributed by atoms with Crippen LogP contribution in [-0.2, 0) is 21.4 Å². The Balaban J connectivity index is 1.72. The molecule has 0 saturated heterocycles. The van der Waals surface area contributed by atoms with Gasteiger partial charge in [0, 0.05) is 30.8 Å². The minimum atomic E-state index is -3.67. The van der Waals surface area contributed by atoms with Crippen LogP contribution in [-0.4, -0.2) is 38.7 Å². The largest absolute Gasteiger partial charge is 0.340 e. The van der Waals surface area contributed by atoms with Gasteiger partial charge in [0.1, 0.15) is 24.0 Å². The molecule has 1 aliphatic heterocycles. The number of rotatable bonds is 4. The van der Waals surface area contributed by atoms with Crippen molar-refractivity contribution >= 4 is 21.8 Å². The molecular weight excluding hydrogens is 364 g/mol. The molecule has 0 aliphatic carbocycles. The predicted octanol–water partition coefficient (Wildman–Crippen LogP) is 1.66. The van der Waals surface area contributed by atoms with Crippen LogP contribution >= 0.6 is 0 Å². The molecule has 0 saturated carbocycles. The van der Waals surface area contributed by atoms with Gasteiger partial charge in [-0.15, -0.1) is 0 Å². The summed E-state index contributed by atoms with van der Waals surface area (Å²) in [6, 6.07) is 9.43. The Morgan fingerprint density at radius 2 is 1.92 bits per heavy atom. The number of carbonyl (C=O) groups excluding carboxylic acids is 1. The first-order valence-corrected chi connectivity index (χ1v) is 9.11. The highest BCUT2D eigenvalue weighted by Gasteiger charge is 2.30. The Bertz CT molecular complexity index is 1010. The molecule has 0 bridgehead atoms. The first-order valence-electron chi connectivity index (χ1n) is 7.62. The molecule has 6 nitrogen and oxygen atoms in total. The third-order valence-corrected chi connectivity index (χ3v) is 5.28. The van der Waals surface area contributed by atoms with Gasteiger partial charge >= 0.3 is 0 Å². The summed E-state index contributed by atoms with van der Waals surface area (Å²) in [5, 5.41) is 0. The number of fused-ring (bicyclic) bond motifs is 1. The molecule has 0 unspecified atom stereocenters. The number of nitrogens with one attached hydrogen (secondary N) is 1. The van der Waals surface area contributed by atoms with Crippen molar-refractivity contribution in [1.29, 1.82) is 0 Å². The first kappa shape index (κ1) is 18.0. The lowest BCUT2D eigenvalue weighted by Gasteiger charge is -2.16. The smallest absolute Gasteiger partial charge is 0.263 e. The van der Waals surface area contributed by atoms with Crippen molar-refractivity contribution in [3.8, 4) is 0 Å². The first-order chi connectivity index (χ1) is 12.3. The Morgan fingerprint density at radius 1 is 1.19 bits per heavy atom. The summed E-state index contributed by atoms with van der Waals surface area (Å²) in [5.41, 5.74) is 0.564. The van der Waals surface area contributed by atoms with Crippen LogP contribution in [0.5, 0.6) is 0 Å². The average molecular weight is 379 g/mol. The lowest BCUT2D eigenvalue weighted by Crippen LogP contribution is -2.30. The number of amides is 1. The lowest BCUT2D eigenvalue weighted by molar-refractivity contribution is -0.128. The fourth-order valence-electron chi connectivity index (χ4n) is 2.51. The lowest BCUT2D eigenvalue weighted by atomic mass is 10.2. The third-order valence-electron chi connectivity index (χ3n) is 3.88. The van der Waals surface area contributed by atoms with Gasteiger partial charge in [0.05, 0.1) is 4.90 Å². The SMILES string of the molecule is CN(Cc1ccc(F)cc1F)C(=O)CN=C1NS(=O)(=O)c2ccccc21. The van der Waals surface area contributed by atoms with E-state index >= 15 is 0 Å². The minimum Gasteiger partial charge on any atom is -0.340 e. The van der Waals surface area contributed by atoms with E-state index in [0.29, 0.717) is 5.56 Å². The number of aliphatic imine (C=N–C) groups is 1. The quantitative estimate of drug-likeness (QED) is 0.878. The van der Waals surface area contributed by atoms with Crippen molar-refractivity contribution in [3.63, 3.8) is 0 Å². The van der Waals surface area contributed by atoms with Crippen LogP contribution in [0.3, 0.4) is 0 Å². The third kappa shape index (κ3) is 3.57. The van der Waals surface area contributed by atoms with Gasteiger partial charge in [-0.2, -0.15) is 0 Å². The summed E-state index contributed by atoms with van der Waals surface area (Å²) in [6.45, 7) is -0.371. The second kappa shape index (κ2) is 6.83. The molecule has 0 atom stereocenters. The summed E-state index contributed by atoms with van der Waals surface area (Å²) < 4.78 is 52.9. The Hall–Kier alpha value is -2.81. The molecule has 1 aliphatic rings. The highest BCUT2D eigenvalue weighted by molar-refractivity contribution is 7.90. The van der Waals surface area contributed by atoms with Crippen molar-refractivity contribution in [2.75, 3.05) is 13.6 Å². The molecule has 1 N–H and O–H groups in total. The zero-order valence-corrected chi connectivity index (χ0v) is 14.6. The fraction of sp³-hybridized carbons (Fsp3) is 0.176. The van der Waals surface area contributed by atoms with Crippen LogP contribution in [0, 0.1) is 11.6 Å². The predicted molar refractivity (Wildman–Crippen MR) is 91.0 cm³/mol. The zero-order chi connectivity index (χ0) is 18.9. The molecular formula is C17H15F2N3O3S. The van der Waals surface area contributed by atoms with E-state index in [0.717, 1.165) is 12.1 Å². The van der Waals surface area contributed by atoms with E-state index in [4.69, 9.17) is 0 Å². The number of halogens is 2. The van der Waals surface area contributed by atoms with Crippen LogP contribution in [0.4, 0.5) is 8.78 Å². The van der Waals surface area contributed by atoms with E-state index in [1.165, 1.54) is 24.1 Å². The van der Waals surface area contributed by atoms with Gasteiger partial charge in [0.2, 0.25) is 5.91 Å². The monoisotopic (exact) mass is 379 g/mol. The molecule has 3 rings (SSSR count). The fourth-order valence-corrected chi connectivity index (χ4v) is 3.76. The zero-order valence-electron chi connectivity index (χ0n) is 13.7. The number of hydrogen-bond acceptors (Lipinski definition) is 4. The second-order valence-electron chi connectivity index (χ2n) is 5.75. The maximum absolute atomic E-state index is 13.7. The van der Waals surface area contributed by atoms with Crippen LogP contribution in [0.2, 0.25) is 0 Å². The van der Waals surface area contributed by atoms with E-state index in [9.17, 15) is 22.0 Å². The summed E-state index contributed by atoms with van der Waals surface area (Å²) in [7, 11) is -2.22. The maximum atomic E-state index is 13.7. The summed E-state index contributed by atoms with van der Waals surface area (Å²) in [6.07, 6.45) is 0. The van der Waals surface area contributed by atoms with Crippen molar-refractivity contribution < 1.29 is 22.0 Å². The molecule has 0 aromatic heterocycles. The normalized spacial score (nSPS) is 16.2. The topological polar surface area (TPSA) is 78.8 Å². The number of nitrogens with zero attached hydrogens (tertiary/aromatic N) is 2. The van der Waals surface area contributed by atoms with Crippen molar-refractivity contribution in [2.24, 2.45) is 4.99 Å². The minimum absolute atomic E-state index is 0.0574. The van der Waals surface area contributed by atoms with E-state index in [2.05, 4.69) is 9.71 Å². The van der Waals surface area contributed by atoms with E-state index < -0.39 is 27.6 Å². The summed E-state index contributed by atoms with van der Waals surface area (Å²) in [5.74, 6) is -1.78. The molecule has 0 fully saturated rings. The van der Waals surface area contributed by atoms with Gasteiger partial charge < -0.3 is 4.90 Å². The molecule has 1 heterocycles. The molecule has 26 heavy (non-hydrogen) atoms. The second-order valence-corrected chi connectivity index (χ2v) is 7.40. The number of amidine groups is 1. The molecule has 1 amide bonds. The number of sulfonamides is 1. The van der Waals surface area contributed by atoms with Crippen molar-refractivity contribution in [3.05, 3.63) is 65.2 Å². The highest BCUT2D eigenvalue weighted by atomic mass is 32.2. The Labute approximate surface area is 149 Å². The summed E-state index contributed by atoms with van der Waals surface area (Å²) >= 11 is 0. The molecule has 136 valence electrons. The number of hydrogen-bond donors (Lipinski definition) is 1. The number of benzene rings is 2. The number of likely N-dealkylation sites (N-methyl/N-ethyl adjacent to an activating group) is 1. The molecule has 0 radical (unpaired) electrons. The van der Waals surface area contributed by atoms with Crippen molar-refractivity contribution in [1.82, 2.24) is 9.62 Å². The van der Waals surface area contributed by atoms with Crippen LogP contribution in [0.25, 0.3) is 0 Å².